The summed E-state index contributed by atoms with van der Waals surface area (Å²) in [4.78, 5) is 23.5. The number of halogens is 3. The summed E-state index contributed by atoms with van der Waals surface area (Å²) in [5, 5.41) is 5.22. The number of anilines is 2. The molecule has 0 saturated heterocycles. The Labute approximate surface area is 142 Å². The molecule has 0 aliphatic carbocycles. The molecule has 134 valence electrons. The maximum absolute atomic E-state index is 12.7. The van der Waals surface area contributed by atoms with Gasteiger partial charge < -0.3 is 15.2 Å². The number of amides is 2. The van der Waals surface area contributed by atoms with Crippen molar-refractivity contribution in [2.75, 3.05) is 10.6 Å². The first kappa shape index (κ1) is 18.6. The molecule has 0 aliphatic rings. The number of rotatable bonds is 4. The van der Waals surface area contributed by atoms with Crippen molar-refractivity contribution in [3.63, 3.8) is 0 Å². The second kappa shape index (κ2) is 7.00. The maximum Gasteiger partial charge on any atom is 0.406 e. The lowest BCUT2D eigenvalue weighted by Crippen LogP contribution is -2.20. The highest BCUT2D eigenvalue weighted by Crippen LogP contribution is 2.24. The molecule has 0 bridgehead atoms. The highest BCUT2D eigenvalue weighted by atomic mass is 19.4. The lowest BCUT2D eigenvalue weighted by atomic mass is 10.2. The third-order valence-electron chi connectivity index (χ3n) is 3.60. The molecule has 0 aliphatic heterocycles. The van der Waals surface area contributed by atoms with Crippen molar-refractivity contribution in [1.82, 2.24) is 4.57 Å². The molecular formula is C17H18F3N3O2. The molecule has 8 heteroatoms. The summed E-state index contributed by atoms with van der Waals surface area (Å²) in [7, 11) is 0. The molecule has 1 aromatic heterocycles. The molecule has 0 atom stereocenters. The van der Waals surface area contributed by atoms with Crippen LogP contribution in [-0.2, 0) is 11.3 Å². The van der Waals surface area contributed by atoms with Crippen molar-refractivity contribution in [1.29, 1.82) is 0 Å². The largest absolute Gasteiger partial charge is 0.406 e. The molecule has 2 N–H and O–H groups in total. The van der Waals surface area contributed by atoms with E-state index in [0.717, 1.165) is 4.57 Å². The van der Waals surface area contributed by atoms with Crippen LogP contribution in [0.2, 0.25) is 0 Å². The Morgan fingerprint density at radius 1 is 1.08 bits per heavy atom. The van der Waals surface area contributed by atoms with Gasteiger partial charge in [0.15, 0.2) is 0 Å². The summed E-state index contributed by atoms with van der Waals surface area (Å²) in [6, 6.07) is 7.92. The summed E-state index contributed by atoms with van der Waals surface area (Å²) in [6.45, 7) is 3.21. The Morgan fingerprint density at radius 3 is 2.24 bits per heavy atom. The van der Waals surface area contributed by atoms with E-state index < -0.39 is 18.6 Å². The van der Waals surface area contributed by atoms with E-state index in [2.05, 4.69) is 10.6 Å². The number of aromatic nitrogens is 1. The summed E-state index contributed by atoms with van der Waals surface area (Å²) in [5.74, 6) is -0.763. The van der Waals surface area contributed by atoms with E-state index in [-0.39, 0.29) is 17.2 Å². The van der Waals surface area contributed by atoms with Crippen LogP contribution in [-0.4, -0.2) is 22.6 Å². The zero-order valence-corrected chi connectivity index (χ0v) is 14.0. The van der Waals surface area contributed by atoms with Crippen molar-refractivity contribution < 1.29 is 22.8 Å². The minimum atomic E-state index is -4.37. The number of carbonyl (C=O) groups is 2. The third-order valence-corrected chi connectivity index (χ3v) is 3.60. The number of aryl methyl sites for hydroxylation is 1. The molecule has 0 fully saturated rings. The third kappa shape index (κ3) is 4.85. The van der Waals surface area contributed by atoms with Gasteiger partial charge in [-0.05, 0) is 38.1 Å². The molecule has 0 radical (unpaired) electrons. The minimum absolute atomic E-state index is 0.173. The lowest BCUT2D eigenvalue weighted by Gasteiger charge is -2.12. The highest BCUT2D eigenvalue weighted by Gasteiger charge is 2.30. The average Bonchev–Trinajstić information content (AvgIpc) is 2.73. The fraction of sp³-hybridized carbons (Fsp3) is 0.294. The lowest BCUT2D eigenvalue weighted by molar-refractivity contribution is -0.141. The first-order chi connectivity index (χ1) is 11.6. The van der Waals surface area contributed by atoms with Crippen LogP contribution in [0.1, 0.15) is 28.7 Å². The van der Waals surface area contributed by atoms with E-state index in [0.29, 0.717) is 17.1 Å². The number of nitrogens with one attached hydrogen (secondary N) is 2. The zero-order chi connectivity index (χ0) is 18.8. The van der Waals surface area contributed by atoms with Gasteiger partial charge in [0, 0.05) is 29.7 Å². The fourth-order valence-corrected chi connectivity index (χ4v) is 2.53. The van der Waals surface area contributed by atoms with Crippen LogP contribution in [0.15, 0.2) is 30.3 Å². The van der Waals surface area contributed by atoms with Crippen molar-refractivity contribution in [3.8, 4) is 0 Å². The Bertz CT molecular complexity index is 810. The van der Waals surface area contributed by atoms with E-state index in [4.69, 9.17) is 0 Å². The SMILES string of the molecule is CC(=O)Nc1cccc(NC(=O)c2cc(C)n(CC(F)(F)F)c2C)c1. The van der Waals surface area contributed by atoms with Crippen LogP contribution < -0.4 is 10.6 Å². The Kier molecular flexibility index (Phi) is 5.20. The van der Waals surface area contributed by atoms with Gasteiger partial charge in [-0.2, -0.15) is 13.2 Å². The molecule has 0 spiro atoms. The van der Waals surface area contributed by atoms with Gasteiger partial charge in [0.25, 0.3) is 5.91 Å². The quantitative estimate of drug-likeness (QED) is 0.876. The predicted molar refractivity (Wildman–Crippen MR) is 88.7 cm³/mol. The Hall–Kier alpha value is -2.77. The topological polar surface area (TPSA) is 63.1 Å². The fourth-order valence-electron chi connectivity index (χ4n) is 2.53. The van der Waals surface area contributed by atoms with Gasteiger partial charge in [0.1, 0.15) is 6.54 Å². The maximum atomic E-state index is 12.7. The van der Waals surface area contributed by atoms with Gasteiger partial charge >= 0.3 is 6.18 Å². The number of hydrogen-bond donors (Lipinski definition) is 2. The first-order valence-electron chi connectivity index (χ1n) is 7.49. The summed E-state index contributed by atoms with van der Waals surface area (Å²) < 4.78 is 39.0. The van der Waals surface area contributed by atoms with Gasteiger partial charge in [-0.3, -0.25) is 9.59 Å². The van der Waals surface area contributed by atoms with E-state index in [1.807, 2.05) is 0 Å². The number of carbonyl (C=O) groups excluding carboxylic acids is 2. The Balaban J connectivity index is 2.22. The van der Waals surface area contributed by atoms with Crippen LogP contribution in [0.4, 0.5) is 24.5 Å². The molecule has 2 amide bonds. The molecule has 0 unspecified atom stereocenters. The summed E-state index contributed by atoms with van der Waals surface area (Å²) in [6.07, 6.45) is -4.37. The number of alkyl halides is 3. The van der Waals surface area contributed by atoms with E-state index in [1.165, 1.54) is 26.8 Å². The Morgan fingerprint density at radius 2 is 1.68 bits per heavy atom. The van der Waals surface area contributed by atoms with Crippen LogP contribution in [0.25, 0.3) is 0 Å². The second-order valence-corrected chi connectivity index (χ2v) is 5.70. The van der Waals surface area contributed by atoms with E-state index in [9.17, 15) is 22.8 Å². The van der Waals surface area contributed by atoms with Gasteiger partial charge in [-0.15, -0.1) is 0 Å². The minimum Gasteiger partial charge on any atom is -0.339 e. The number of hydrogen-bond acceptors (Lipinski definition) is 2. The molecule has 1 heterocycles. The van der Waals surface area contributed by atoms with Gasteiger partial charge in [0.2, 0.25) is 5.91 Å². The first-order valence-corrected chi connectivity index (χ1v) is 7.49. The van der Waals surface area contributed by atoms with Crippen molar-refractivity contribution >= 4 is 23.2 Å². The molecule has 25 heavy (non-hydrogen) atoms. The van der Waals surface area contributed by atoms with Crippen LogP contribution in [0.5, 0.6) is 0 Å². The molecular weight excluding hydrogens is 335 g/mol. The number of nitrogens with zero attached hydrogens (tertiary/aromatic N) is 1. The molecule has 2 rings (SSSR count). The monoisotopic (exact) mass is 353 g/mol. The predicted octanol–water partition coefficient (Wildman–Crippen LogP) is 3.88. The van der Waals surface area contributed by atoms with Crippen LogP contribution in [0, 0.1) is 13.8 Å². The van der Waals surface area contributed by atoms with Crippen molar-refractivity contribution in [2.45, 2.75) is 33.5 Å². The smallest absolute Gasteiger partial charge is 0.339 e. The number of benzene rings is 1. The summed E-state index contributed by atoms with van der Waals surface area (Å²) >= 11 is 0. The summed E-state index contributed by atoms with van der Waals surface area (Å²) in [5.41, 5.74) is 1.70. The van der Waals surface area contributed by atoms with Gasteiger partial charge in [-0.1, -0.05) is 6.07 Å². The second-order valence-electron chi connectivity index (χ2n) is 5.70. The highest BCUT2D eigenvalue weighted by molar-refractivity contribution is 6.05. The van der Waals surface area contributed by atoms with Gasteiger partial charge in [-0.25, -0.2) is 0 Å². The normalized spacial score (nSPS) is 11.3. The van der Waals surface area contributed by atoms with Gasteiger partial charge in [0.05, 0.1) is 5.56 Å². The van der Waals surface area contributed by atoms with Crippen LogP contribution in [0.3, 0.4) is 0 Å². The van der Waals surface area contributed by atoms with Crippen molar-refractivity contribution in [2.24, 2.45) is 0 Å². The molecule has 1 aromatic carbocycles. The molecule has 5 nitrogen and oxygen atoms in total. The van der Waals surface area contributed by atoms with E-state index in [1.54, 1.807) is 24.3 Å². The standard InChI is InChI=1S/C17H18F3N3O2/c1-10-7-15(11(2)23(10)9-17(18,19)20)16(25)22-14-6-4-5-13(8-14)21-12(3)24/h4-8H,9H2,1-3H3,(H,21,24)(H,22,25). The van der Waals surface area contributed by atoms with E-state index >= 15 is 0 Å². The molecule has 2 aromatic rings. The van der Waals surface area contributed by atoms with Crippen LogP contribution >= 0.6 is 0 Å². The van der Waals surface area contributed by atoms with Crippen molar-refractivity contribution in [3.05, 3.63) is 47.3 Å². The molecule has 0 saturated carbocycles. The zero-order valence-electron chi connectivity index (χ0n) is 14.0. The average molecular weight is 353 g/mol.